The van der Waals surface area contributed by atoms with E-state index in [1.807, 2.05) is 6.92 Å². The van der Waals surface area contributed by atoms with Crippen LogP contribution < -0.4 is 0 Å². The van der Waals surface area contributed by atoms with E-state index in [1.165, 1.54) is 5.57 Å². The lowest BCUT2D eigenvalue weighted by atomic mass is 9.86. The Kier molecular flexibility index (Phi) is 4.05. The summed E-state index contributed by atoms with van der Waals surface area (Å²) in [6, 6.07) is 0. The molecular weight excluding hydrogens is 228 g/mol. The zero-order valence-corrected chi connectivity index (χ0v) is 10.9. The quantitative estimate of drug-likeness (QED) is 0.649. The Balaban J connectivity index is 2.21. The summed E-state index contributed by atoms with van der Waals surface area (Å²) in [6.45, 7) is 9.90. The Morgan fingerprint density at radius 3 is 2.67 bits per heavy atom. The molecule has 0 bridgehead atoms. The third-order valence-corrected chi connectivity index (χ3v) is 3.98. The fourth-order valence-electron chi connectivity index (χ4n) is 2.67. The predicted molar refractivity (Wildman–Crippen MR) is 70.9 cm³/mol. The van der Waals surface area contributed by atoms with Crippen molar-refractivity contribution < 1.29 is 14.9 Å². The molecule has 3 heteroatoms. The highest BCUT2D eigenvalue weighted by Gasteiger charge is 2.36. The van der Waals surface area contributed by atoms with Crippen molar-refractivity contribution in [3.63, 3.8) is 0 Å². The smallest absolute Gasteiger partial charge is 0.177 e. The second kappa shape index (κ2) is 5.39. The van der Waals surface area contributed by atoms with Crippen molar-refractivity contribution in [2.45, 2.75) is 51.1 Å². The second-order valence-electron chi connectivity index (χ2n) is 5.40. The van der Waals surface area contributed by atoms with E-state index >= 15 is 0 Å². The van der Waals surface area contributed by atoms with Gasteiger partial charge < -0.3 is 14.9 Å². The van der Waals surface area contributed by atoms with E-state index in [1.54, 1.807) is 0 Å². The predicted octanol–water partition coefficient (Wildman–Crippen LogP) is 2.31. The third-order valence-electron chi connectivity index (χ3n) is 3.98. The molecule has 1 aliphatic heterocycles. The molecule has 18 heavy (non-hydrogen) atoms. The lowest BCUT2D eigenvalue weighted by Gasteiger charge is -2.21. The van der Waals surface area contributed by atoms with Gasteiger partial charge in [0.2, 0.25) is 0 Å². The van der Waals surface area contributed by atoms with Gasteiger partial charge in [0.25, 0.3) is 0 Å². The molecule has 0 radical (unpaired) electrons. The van der Waals surface area contributed by atoms with Gasteiger partial charge in [-0.05, 0) is 43.8 Å². The van der Waals surface area contributed by atoms with Gasteiger partial charge in [-0.2, -0.15) is 0 Å². The average molecular weight is 250 g/mol. The molecule has 1 saturated heterocycles. The molecule has 1 aliphatic carbocycles. The van der Waals surface area contributed by atoms with Gasteiger partial charge in [-0.3, -0.25) is 0 Å². The second-order valence-corrected chi connectivity index (χ2v) is 5.40. The Morgan fingerprint density at radius 1 is 1.22 bits per heavy atom. The molecule has 0 aromatic carbocycles. The molecule has 2 rings (SSSR count). The minimum absolute atomic E-state index is 0.0875. The molecule has 4 unspecified atom stereocenters. The fourth-order valence-corrected chi connectivity index (χ4v) is 2.67. The largest absolute Gasteiger partial charge is 0.389 e. The van der Waals surface area contributed by atoms with Gasteiger partial charge >= 0.3 is 0 Å². The van der Waals surface area contributed by atoms with Crippen LogP contribution in [0.4, 0.5) is 0 Å². The van der Waals surface area contributed by atoms with Gasteiger partial charge in [0.1, 0.15) is 0 Å². The normalized spacial score (nSPS) is 38.3. The molecule has 2 aliphatic rings. The Labute approximate surface area is 108 Å². The number of ether oxygens (including phenoxy) is 1. The molecular formula is C15H22O3. The number of hydrogen-bond donors (Lipinski definition) is 2. The van der Waals surface area contributed by atoms with E-state index in [-0.39, 0.29) is 12.0 Å². The molecule has 1 heterocycles. The number of fused-ring (bicyclic) bond motifs is 1. The SMILES string of the molecule is C=C1CCC2C(=C)C(O)OC2C=C(C)CCC1O. The van der Waals surface area contributed by atoms with Crippen LogP contribution in [0.15, 0.2) is 36.0 Å². The maximum absolute atomic E-state index is 9.95. The molecule has 3 nitrogen and oxygen atoms in total. The first-order valence-corrected chi connectivity index (χ1v) is 6.54. The summed E-state index contributed by atoms with van der Waals surface area (Å²) in [5.41, 5.74) is 2.80. The molecule has 100 valence electrons. The van der Waals surface area contributed by atoms with Gasteiger partial charge in [-0.15, -0.1) is 0 Å². The summed E-state index contributed by atoms with van der Waals surface area (Å²) in [6.07, 6.45) is 3.80. The molecule has 0 amide bonds. The van der Waals surface area contributed by atoms with Crippen molar-refractivity contribution in [3.05, 3.63) is 36.0 Å². The van der Waals surface area contributed by atoms with E-state index in [9.17, 15) is 10.2 Å². The highest BCUT2D eigenvalue weighted by Crippen LogP contribution is 2.36. The average Bonchev–Trinajstić information content (AvgIpc) is 2.58. The van der Waals surface area contributed by atoms with Crippen molar-refractivity contribution in [1.82, 2.24) is 0 Å². The maximum Gasteiger partial charge on any atom is 0.177 e. The van der Waals surface area contributed by atoms with E-state index < -0.39 is 12.4 Å². The highest BCUT2D eigenvalue weighted by molar-refractivity contribution is 5.20. The minimum Gasteiger partial charge on any atom is -0.389 e. The van der Waals surface area contributed by atoms with Crippen LogP contribution in [0.5, 0.6) is 0 Å². The van der Waals surface area contributed by atoms with E-state index in [0.29, 0.717) is 6.42 Å². The van der Waals surface area contributed by atoms with Crippen LogP contribution in [0.2, 0.25) is 0 Å². The van der Waals surface area contributed by atoms with Crippen LogP contribution in [0.25, 0.3) is 0 Å². The van der Waals surface area contributed by atoms with Crippen LogP contribution in [0.1, 0.15) is 32.6 Å². The lowest BCUT2D eigenvalue weighted by molar-refractivity contribution is -0.0651. The fraction of sp³-hybridized carbons (Fsp3) is 0.600. The zero-order chi connectivity index (χ0) is 13.3. The molecule has 1 fully saturated rings. The van der Waals surface area contributed by atoms with Crippen molar-refractivity contribution in [3.8, 4) is 0 Å². The Hall–Kier alpha value is -0.900. The van der Waals surface area contributed by atoms with Gasteiger partial charge in [0.05, 0.1) is 12.2 Å². The first-order chi connectivity index (χ1) is 8.49. The molecule has 2 N–H and O–H groups in total. The van der Waals surface area contributed by atoms with Crippen LogP contribution in [0, 0.1) is 5.92 Å². The molecule has 0 aromatic rings. The van der Waals surface area contributed by atoms with Crippen LogP contribution in [0.3, 0.4) is 0 Å². The maximum atomic E-state index is 9.95. The standard InChI is InChI=1S/C15H22O3/c1-9-4-7-13(16)10(2)5-6-12-11(3)15(17)18-14(12)8-9/h8,12-17H,2-7H2,1H3. The number of hydrogen-bond acceptors (Lipinski definition) is 3. The Morgan fingerprint density at radius 2 is 1.94 bits per heavy atom. The Bertz CT molecular complexity index is 383. The monoisotopic (exact) mass is 250 g/mol. The summed E-state index contributed by atoms with van der Waals surface area (Å²) >= 11 is 0. The molecule has 0 spiro atoms. The minimum atomic E-state index is -0.858. The lowest BCUT2D eigenvalue weighted by Crippen LogP contribution is -2.18. The van der Waals surface area contributed by atoms with Gasteiger partial charge in [0, 0.05) is 5.92 Å². The summed E-state index contributed by atoms with van der Waals surface area (Å²) in [5, 5.41) is 19.7. The summed E-state index contributed by atoms with van der Waals surface area (Å²) < 4.78 is 5.53. The summed E-state index contributed by atoms with van der Waals surface area (Å²) in [7, 11) is 0. The molecule has 0 aromatic heterocycles. The summed E-state index contributed by atoms with van der Waals surface area (Å²) in [4.78, 5) is 0. The number of aliphatic hydroxyl groups excluding tert-OH is 2. The number of allylic oxidation sites excluding steroid dienone is 1. The zero-order valence-electron chi connectivity index (χ0n) is 10.9. The van der Waals surface area contributed by atoms with E-state index in [4.69, 9.17) is 4.74 Å². The van der Waals surface area contributed by atoms with Crippen molar-refractivity contribution in [2.24, 2.45) is 5.92 Å². The van der Waals surface area contributed by atoms with Crippen LogP contribution in [-0.4, -0.2) is 28.7 Å². The van der Waals surface area contributed by atoms with E-state index in [0.717, 1.165) is 30.4 Å². The first kappa shape index (κ1) is 13.5. The van der Waals surface area contributed by atoms with Crippen LogP contribution in [-0.2, 0) is 4.74 Å². The third kappa shape index (κ3) is 2.74. The van der Waals surface area contributed by atoms with Crippen molar-refractivity contribution >= 4 is 0 Å². The van der Waals surface area contributed by atoms with Crippen molar-refractivity contribution in [2.75, 3.05) is 0 Å². The van der Waals surface area contributed by atoms with E-state index in [2.05, 4.69) is 19.2 Å². The van der Waals surface area contributed by atoms with Gasteiger partial charge in [-0.1, -0.05) is 24.8 Å². The van der Waals surface area contributed by atoms with Gasteiger partial charge in [0.15, 0.2) is 6.29 Å². The van der Waals surface area contributed by atoms with Crippen LogP contribution >= 0.6 is 0 Å². The number of aliphatic hydroxyl groups is 2. The summed E-state index contributed by atoms with van der Waals surface area (Å²) in [5.74, 6) is 0.122. The molecule has 0 saturated carbocycles. The first-order valence-electron chi connectivity index (χ1n) is 6.54. The topological polar surface area (TPSA) is 49.7 Å². The van der Waals surface area contributed by atoms with Crippen molar-refractivity contribution in [1.29, 1.82) is 0 Å². The van der Waals surface area contributed by atoms with Gasteiger partial charge in [-0.25, -0.2) is 0 Å². The molecule has 4 atom stereocenters. The highest BCUT2D eigenvalue weighted by atomic mass is 16.6. The number of rotatable bonds is 0.